The molecule has 0 bridgehead atoms. The standard InChI is InChI=1S/C18H19N7/c19-10-15-12-21-18-16(22-13-5-2-1-3-6-13)9-17(24-25(15)18)23-14-7-4-8-20-11-14/h1-3,5-6,9,12,14,20,22H,4,7-8,11H2,(H,23,24)/t14-/m0/s1. The Kier molecular flexibility index (Phi) is 4.19. The van der Waals surface area contributed by atoms with Gasteiger partial charge < -0.3 is 16.0 Å². The van der Waals surface area contributed by atoms with E-state index in [4.69, 9.17) is 0 Å². The van der Waals surface area contributed by atoms with Crippen molar-refractivity contribution in [3.05, 3.63) is 48.3 Å². The van der Waals surface area contributed by atoms with Crippen LogP contribution in [0.4, 0.5) is 17.2 Å². The van der Waals surface area contributed by atoms with E-state index in [1.165, 1.54) is 0 Å². The first-order valence-corrected chi connectivity index (χ1v) is 8.42. The van der Waals surface area contributed by atoms with Crippen LogP contribution in [-0.2, 0) is 0 Å². The summed E-state index contributed by atoms with van der Waals surface area (Å²) in [6, 6.07) is 14.3. The highest BCUT2D eigenvalue weighted by molar-refractivity contribution is 5.76. The molecule has 1 atom stereocenters. The zero-order chi connectivity index (χ0) is 17.1. The lowest BCUT2D eigenvalue weighted by molar-refractivity contribution is 0.478. The lowest BCUT2D eigenvalue weighted by Gasteiger charge is -2.24. The smallest absolute Gasteiger partial charge is 0.178 e. The van der Waals surface area contributed by atoms with Crippen LogP contribution in [0.15, 0.2) is 42.6 Å². The number of para-hydroxylation sites is 1. The van der Waals surface area contributed by atoms with E-state index >= 15 is 0 Å². The van der Waals surface area contributed by atoms with Gasteiger partial charge in [-0.2, -0.15) is 9.78 Å². The third kappa shape index (κ3) is 3.25. The van der Waals surface area contributed by atoms with Crippen molar-refractivity contribution in [1.82, 2.24) is 19.9 Å². The van der Waals surface area contributed by atoms with Gasteiger partial charge in [0, 0.05) is 24.3 Å². The van der Waals surface area contributed by atoms with E-state index in [1.54, 1.807) is 10.7 Å². The van der Waals surface area contributed by atoms with E-state index in [0.717, 1.165) is 43.1 Å². The molecular weight excluding hydrogens is 314 g/mol. The summed E-state index contributed by atoms with van der Waals surface area (Å²) in [4.78, 5) is 4.35. The summed E-state index contributed by atoms with van der Waals surface area (Å²) in [6.07, 6.45) is 3.79. The topological polar surface area (TPSA) is 90.1 Å². The van der Waals surface area contributed by atoms with Gasteiger partial charge in [-0.3, -0.25) is 0 Å². The normalized spacial score (nSPS) is 17.2. The molecule has 1 aliphatic rings. The van der Waals surface area contributed by atoms with Gasteiger partial charge in [-0.25, -0.2) is 4.98 Å². The zero-order valence-electron chi connectivity index (χ0n) is 13.7. The zero-order valence-corrected chi connectivity index (χ0v) is 13.7. The average molecular weight is 333 g/mol. The summed E-state index contributed by atoms with van der Waals surface area (Å²) < 4.78 is 1.59. The van der Waals surface area contributed by atoms with Gasteiger partial charge in [-0.1, -0.05) is 18.2 Å². The van der Waals surface area contributed by atoms with Crippen LogP contribution in [0.25, 0.3) is 5.65 Å². The van der Waals surface area contributed by atoms with Crippen LogP contribution >= 0.6 is 0 Å². The second kappa shape index (κ2) is 6.79. The Morgan fingerprint density at radius 2 is 2.16 bits per heavy atom. The Bertz CT molecular complexity index is 904. The summed E-state index contributed by atoms with van der Waals surface area (Å²) in [5, 5.41) is 24.1. The van der Waals surface area contributed by atoms with Gasteiger partial charge in [0.2, 0.25) is 0 Å². The molecule has 25 heavy (non-hydrogen) atoms. The Balaban J connectivity index is 1.72. The molecule has 1 saturated heterocycles. The first-order valence-electron chi connectivity index (χ1n) is 8.42. The number of nitriles is 1. The molecule has 1 aromatic carbocycles. The Hall–Kier alpha value is -3.11. The number of benzene rings is 1. The summed E-state index contributed by atoms with van der Waals surface area (Å²) in [5.74, 6) is 0.731. The third-order valence-corrected chi connectivity index (χ3v) is 4.28. The lowest BCUT2D eigenvalue weighted by atomic mass is 10.1. The van der Waals surface area contributed by atoms with Gasteiger partial charge in [0.15, 0.2) is 11.3 Å². The number of imidazole rings is 1. The number of aromatic nitrogens is 3. The fourth-order valence-electron chi connectivity index (χ4n) is 3.07. The Morgan fingerprint density at radius 3 is 2.92 bits per heavy atom. The Morgan fingerprint density at radius 1 is 1.28 bits per heavy atom. The number of anilines is 3. The number of hydrogen-bond donors (Lipinski definition) is 3. The minimum atomic E-state index is 0.331. The maximum atomic E-state index is 9.32. The molecule has 2 aromatic heterocycles. The predicted octanol–water partition coefficient (Wildman–Crippen LogP) is 2.51. The molecule has 0 saturated carbocycles. The highest BCUT2D eigenvalue weighted by Crippen LogP contribution is 2.24. The molecule has 1 fully saturated rings. The van der Waals surface area contributed by atoms with Crippen LogP contribution in [0.5, 0.6) is 0 Å². The maximum absolute atomic E-state index is 9.32. The van der Waals surface area contributed by atoms with Gasteiger partial charge in [-0.05, 0) is 31.5 Å². The predicted molar refractivity (Wildman–Crippen MR) is 96.9 cm³/mol. The molecule has 0 unspecified atom stereocenters. The molecule has 1 aliphatic heterocycles. The van der Waals surface area contributed by atoms with E-state index in [2.05, 4.69) is 32.1 Å². The van der Waals surface area contributed by atoms with E-state index < -0.39 is 0 Å². The largest absolute Gasteiger partial charge is 0.365 e. The van der Waals surface area contributed by atoms with Crippen molar-refractivity contribution in [2.45, 2.75) is 18.9 Å². The molecule has 3 heterocycles. The van der Waals surface area contributed by atoms with Crippen LogP contribution in [0.1, 0.15) is 18.5 Å². The van der Waals surface area contributed by atoms with E-state index in [1.807, 2.05) is 36.4 Å². The number of rotatable bonds is 4. The van der Waals surface area contributed by atoms with Crippen molar-refractivity contribution in [2.75, 3.05) is 23.7 Å². The summed E-state index contributed by atoms with van der Waals surface area (Å²) in [5.41, 5.74) is 2.82. The van der Waals surface area contributed by atoms with Crippen LogP contribution < -0.4 is 16.0 Å². The fraction of sp³-hybridized carbons (Fsp3) is 0.278. The van der Waals surface area contributed by atoms with Crippen molar-refractivity contribution in [3.63, 3.8) is 0 Å². The van der Waals surface area contributed by atoms with Gasteiger partial charge in [0.25, 0.3) is 0 Å². The minimum Gasteiger partial charge on any atom is -0.365 e. The monoisotopic (exact) mass is 333 g/mol. The third-order valence-electron chi connectivity index (χ3n) is 4.28. The van der Waals surface area contributed by atoms with Crippen molar-refractivity contribution in [1.29, 1.82) is 5.26 Å². The number of hydrogen-bond acceptors (Lipinski definition) is 6. The van der Waals surface area contributed by atoms with Crippen LogP contribution in [0.2, 0.25) is 0 Å². The van der Waals surface area contributed by atoms with Gasteiger partial charge in [0.05, 0.1) is 11.9 Å². The van der Waals surface area contributed by atoms with E-state index in [9.17, 15) is 5.26 Å². The van der Waals surface area contributed by atoms with Gasteiger partial charge in [0.1, 0.15) is 11.9 Å². The Labute approximate surface area is 145 Å². The molecular formula is C18H19N7. The molecule has 3 aromatic rings. The van der Waals surface area contributed by atoms with Gasteiger partial charge in [-0.15, -0.1) is 5.10 Å². The number of nitrogens with zero attached hydrogens (tertiary/aromatic N) is 4. The SMILES string of the molecule is N#Cc1cnc2c(Nc3ccccc3)cc(N[C@H]3CCCNC3)nn12. The summed E-state index contributed by atoms with van der Waals surface area (Å²) in [7, 11) is 0. The molecule has 0 spiro atoms. The van der Waals surface area contributed by atoms with Crippen molar-refractivity contribution in [3.8, 4) is 6.07 Å². The summed E-state index contributed by atoms with van der Waals surface area (Å²) >= 11 is 0. The summed E-state index contributed by atoms with van der Waals surface area (Å²) in [6.45, 7) is 1.97. The first kappa shape index (κ1) is 15.4. The van der Waals surface area contributed by atoms with Crippen LogP contribution in [-0.4, -0.2) is 33.7 Å². The second-order valence-corrected chi connectivity index (χ2v) is 6.11. The highest BCUT2D eigenvalue weighted by Gasteiger charge is 2.16. The maximum Gasteiger partial charge on any atom is 0.178 e. The van der Waals surface area contributed by atoms with Crippen LogP contribution in [0, 0.1) is 11.3 Å². The highest BCUT2D eigenvalue weighted by atomic mass is 15.3. The molecule has 3 N–H and O–H groups in total. The molecule has 0 aliphatic carbocycles. The quantitative estimate of drug-likeness (QED) is 0.680. The van der Waals surface area contributed by atoms with Gasteiger partial charge >= 0.3 is 0 Å². The average Bonchev–Trinajstić information content (AvgIpc) is 3.07. The molecule has 7 nitrogen and oxygen atoms in total. The molecule has 4 rings (SSSR count). The second-order valence-electron chi connectivity index (χ2n) is 6.11. The van der Waals surface area contributed by atoms with Crippen molar-refractivity contribution in [2.24, 2.45) is 0 Å². The van der Waals surface area contributed by atoms with E-state index in [0.29, 0.717) is 17.4 Å². The van der Waals surface area contributed by atoms with E-state index in [-0.39, 0.29) is 0 Å². The molecule has 126 valence electrons. The van der Waals surface area contributed by atoms with Crippen molar-refractivity contribution < 1.29 is 0 Å². The molecule has 0 amide bonds. The fourth-order valence-corrected chi connectivity index (χ4v) is 3.07. The van der Waals surface area contributed by atoms with Crippen molar-refractivity contribution >= 4 is 22.8 Å². The number of fused-ring (bicyclic) bond motifs is 1. The lowest BCUT2D eigenvalue weighted by Crippen LogP contribution is -2.38. The minimum absolute atomic E-state index is 0.331. The number of nitrogens with one attached hydrogen (secondary N) is 3. The molecule has 7 heteroatoms. The van der Waals surface area contributed by atoms with Crippen LogP contribution in [0.3, 0.4) is 0 Å². The molecule has 0 radical (unpaired) electrons. The number of piperidine rings is 1. The first-order chi connectivity index (χ1) is 12.3.